The van der Waals surface area contributed by atoms with E-state index < -0.39 is 35.0 Å². The summed E-state index contributed by atoms with van der Waals surface area (Å²) in [5.74, 6) is -1.31. The molecule has 278 valence electrons. The predicted molar refractivity (Wildman–Crippen MR) is 195 cm³/mol. The molecule has 0 radical (unpaired) electrons. The fraction of sp³-hybridized carbons (Fsp3) is 0.417. The topological polar surface area (TPSA) is 144 Å². The summed E-state index contributed by atoms with van der Waals surface area (Å²) >= 11 is 7.66. The van der Waals surface area contributed by atoms with Crippen LogP contribution in [-0.4, -0.2) is 94.1 Å². The lowest BCUT2D eigenvalue weighted by Crippen LogP contribution is -2.48. The Kier molecular flexibility index (Phi) is 9.54. The number of nitriles is 1. The van der Waals surface area contributed by atoms with E-state index in [0.717, 1.165) is 36.8 Å². The van der Waals surface area contributed by atoms with E-state index in [1.54, 1.807) is 20.8 Å². The Morgan fingerprint density at radius 2 is 1.94 bits per heavy atom. The second kappa shape index (κ2) is 13.9. The van der Waals surface area contributed by atoms with Crippen molar-refractivity contribution in [2.24, 2.45) is 0 Å². The van der Waals surface area contributed by atoms with Gasteiger partial charge in [0.05, 0.1) is 27.2 Å². The van der Waals surface area contributed by atoms with Crippen molar-refractivity contribution in [3.8, 4) is 23.2 Å². The zero-order valence-corrected chi connectivity index (χ0v) is 30.6. The summed E-state index contributed by atoms with van der Waals surface area (Å²) in [6.45, 7) is 7.23. The summed E-state index contributed by atoms with van der Waals surface area (Å²) in [6, 6.07) is 5.81. The molecule has 2 aromatic heterocycles. The SMILES string of the molecule is CC(C)(C)OC(=O)Nc1sc2c(F)ccc(-c3c(Cl)cc4c(N5CCN(C(=O)O)CC5)nc(OCC56CCCN5C/C(=C\F)C6)nc4c3F)c2c1C#N. The number of hydrogen-bond acceptors (Lipinski definition) is 10. The van der Waals surface area contributed by atoms with Crippen LogP contribution in [0.4, 0.5) is 33.6 Å². The van der Waals surface area contributed by atoms with Gasteiger partial charge in [-0.3, -0.25) is 10.2 Å². The van der Waals surface area contributed by atoms with Crippen molar-refractivity contribution in [2.45, 2.75) is 51.2 Å². The average molecular weight is 770 g/mol. The summed E-state index contributed by atoms with van der Waals surface area (Å²) < 4.78 is 57.6. The van der Waals surface area contributed by atoms with E-state index in [9.17, 15) is 24.3 Å². The Labute approximate surface area is 311 Å². The zero-order chi connectivity index (χ0) is 37.8. The largest absolute Gasteiger partial charge is 0.465 e. The highest BCUT2D eigenvalue weighted by molar-refractivity contribution is 7.23. The number of anilines is 2. The molecule has 3 saturated heterocycles. The molecular weight excluding hydrogens is 735 g/mol. The molecule has 2 amide bonds. The summed E-state index contributed by atoms with van der Waals surface area (Å²) in [7, 11) is 0. The number of hydrogen-bond donors (Lipinski definition) is 2. The minimum Gasteiger partial charge on any atom is -0.465 e. The molecule has 1 atom stereocenters. The van der Waals surface area contributed by atoms with Crippen LogP contribution in [-0.2, 0) is 4.74 Å². The van der Waals surface area contributed by atoms with Crippen LogP contribution in [0, 0.1) is 23.0 Å². The molecular formula is C36H35ClF3N7O5S. The number of fused-ring (bicyclic) bond motifs is 3. The first kappa shape index (κ1) is 36.5. The first-order valence-electron chi connectivity index (χ1n) is 17.0. The predicted octanol–water partition coefficient (Wildman–Crippen LogP) is 7.93. The number of thiophene rings is 1. The molecule has 0 saturated carbocycles. The molecule has 3 aliphatic rings. The van der Waals surface area contributed by atoms with E-state index in [1.807, 2.05) is 11.0 Å². The Hall–Kier alpha value is -4.85. The lowest BCUT2D eigenvalue weighted by atomic mass is 9.94. The number of benzene rings is 2. The Morgan fingerprint density at radius 1 is 1.19 bits per heavy atom. The fourth-order valence-electron chi connectivity index (χ4n) is 7.44. The van der Waals surface area contributed by atoms with Crippen molar-refractivity contribution >= 4 is 66.9 Å². The molecule has 2 aromatic carbocycles. The molecule has 4 aromatic rings. The summed E-state index contributed by atoms with van der Waals surface area (Å²) in [6.07, 6.45) is 0.875. The van der Waals surface area contributed by atoms with Gasteiger partial charge in [-0.15, -0.1) is 11.3 Å². The van der Waals surface area contributed by atoms with Crippen LogP contribution in [0.5, 0.6) is 6.01 Å². The number of nitrogens with zero attached hydrogens (tertiary/aromatic N) is 6. The second-order valence-electron chi connectivity index (χ2n) is 14.4. The molecule has 0 spiro atoms. The highest BCUT2D eigenvalue weighted by atomic mass is 35.5. The minimum absolute atomic E-state index is 0.0111. The van der Waals surface area contributed by atoms with Gasteiger partial charge in [0.25, 0.3) is 0 Å². The van der Waals surface area contributed by atoms with Crippen LogP contribution < -0.4 is 15.0 Å². The number of nitrogens with one attached hydrogen (secondary N) is 1. The van der Waals surface area contributed by atoms with Crippen LogP contribution in [0.3, 0.4) is 0 Å². The van der Waals surface area contributed by atoms with Crippen LogP contribution in [0.25, 0.3) is 32.1 Å². The number of halogens is 4. The van der Waals surface area contributed by atoms with Gasteiger partial charge in [0.2, 0.25) is 0 Å². The van der Waals surface area contributed by atoms with Crippen molar-refractivity contribution in [3.63, 3.8) is 0 Å². The first-order valence-corrected chi connectivity index (χ1v) is 18.2. The van der Waals surface area contributed by atoms with Gasteiger partial charge in [-0.1, -0.05) is 17.7 Å². The maximum atomic E-state index is 17.2. The standard InChI is InChI=1S/C36H35ClF3N7O5S/c1-35(2,3)52-33(48)44-31-22(16-41)25-20(5-6-24(39)29(25)53-31)26-23(37)13-21-28(27(26)40)42-32(43-30(21)45-9-11-46(12-10-45)34(49)50)51-18-36-7-4-8-47(36)17-19(14-36)15-38/h5-6,13,15H,4,7-12,14,17-18H2,1-3H3,(H,44,48)(H,49,50)/b19-15-. The average Bonchev–Trinajstić information content (AvgIpc) is 3.78. The molecule has 17 heteroatoms. The number of aromatic nitrogens is 2. The lowest BCUT2D eigenvalue weighted by Gasteiger charge is -2.34. The van der Waals surface area contributed by atoms with Gasteiger partial charge in [0.15, 0.2) is 5.82 Å². The lowest BCUT2D eigenvalue weighted by molar-refractivity contribution is 0.0636. The smallest absolute Gasteiger partial charge is 0.412 e. The molecule has 3 aliphatic heterocycles. The first-order chi connectivity index (χ1) is 25.2. The van der Waals surface area contributed by atoms with Crippen molar-refractivity contribution in [3.05, 3.63) is 52.3 Å². The molecule has 12 nitrogen and oxygen atoms in total. The van der Waals surface area contributed by atoms with Gasteiger partial charge < -0.3 is 24.4 Å². The van der Waals surface area contributed by atoms with E-state index >= 15 is 8.78 Å². The molecule has 0 bridgehead atoms. The highest BCUT2D eigenvalue weighted by Crippen LogP contribution is 2.47. The molecule has 5 heterocycles. The number of piperazine rings is 1. The fourth-order valence-corrected chi connectivity index (χ4v) is 8.81. The monoisotopic (exact) mass is 769 g/mol. The normalized spacial score (nSPS) is 19.9. The Balaban J connectivity index is 1.35. The van der Waals surface area contributed by atoms with Crippen LogP contribution in [0.1, 0.15) is 45.6 Å². The van der Waals surface area contributed by atoms with Crippen LogP contribution >= 0.6 is 22.9 Å². The van der Waals surface area contributed by atoms with E-state index in [1.165, 1.54) is 17.0 Å². The van der Waals surface area contributed by atoms with Crippen molar-refractivity contribution < 1.29 is 37.3 Å². The van der Waals surface area contributed by atoms with E-state index in [-0.39, 0.29) is 92.3 Å². The van der Waals surface area contributed by atoms with Gasteiger partial charge in [0.1, 0.15) is 40.4 Å². The Morgan fingerprint density at radius 3 is 2.62 bits per heavy atom. The van der Waals surface area contributed by atoms with Crippen molar-refractivity contribution in [2.75, 3.05) is 56.1 Å². The number of amides is 2. The molecule has 0 aliphatic carbocycles. The van der Waals surface area contributed by atoms with Gasteiger partial charge in [-0.25, -0.2) is 22.8 Å². The summed E-state index contributed by atoms with van der Waals surface area (Å²) in [5.41, 5.74) is -1.00. The number of rotatable bonds is 6. The third kappa shape index (κ3) is 6.77. The van der Waals surface area contributed by atoms with Crippen molar-refractivity contribution in [1.29, 1.82) is 5.26 Å². The van der Waals surface area contributed by atoms with Crippen molar-refractivity contribution in [1.82, 2.24) is 19.8 Å². The zero-order valence-electron chi connectivity index (χ0n) is 29.1. The third-order valence-corrected chi connectivity index (χ3v) is 11.2. The Bertz CT molecular complexity index is 2230. The van der Waals surface area contributed by atoms with E-state index in [2.05, 4.69) is 20.2 Å². The molecule has 7 rings (SSSR count). The highest BCUT2D eigenvalue weighted by Gasteiger charge is 2.47. The van der Waals surface area contributed by atoms with Crippen LogP contribution in [0.2, 0.25) is 5.02 Å². The van der Waals surface area contributed by atoms with E-state index in [4.69, 9.17) is 21.1 Å². The maximum Gasteiger partial charge on any atom is 0.412 e. The second-order valence-corrected chi connectivity index (χ2v) is 15.8. The number of carbonyl (C=O) groups excluding carboxylic acids is 1. The minimum atomic E-state index is -1.06. The molecule has 3 fully saturated rings. The summed E-state index contributed by atoms with van der Waals surface area (Å²) in [4.78, 5) is 38.7. The van der Waals surface area contributed by atoms with Crippen LogP contribution in [0.15, 0.2) is 30.1 Å². The van der Waals surface area contributed by atoms with Gasteiger partial charge in [-0.05, 0) is 69.8 Å². The maximum absolute atomic E-state index is 17.2. The molecule has 2 N–H and O–H groups in total. The quantitative estimate of drug-likeness (QED) is 0.198. The number of ether oxygens (including phenoxy) is 2. The number of carboxylic acid groups (broad SMARTS) is 1. The van der Waals surface area contributed by atoms with Gasteiger partial charge in [0, 0.05) is 49.1 Å². The third-order valence-electron chi connectivity index (χ3n) is 9.79. The van der Waals surface area contributed by atoms with E-state index in [0.29, 0.717) is 24.9 Å². The summed E-state index contributed by atoms with van der Waals surface area (Å²) in [5, 5.41) is 22.5. The molecule has 1 unspecified atom stereocenters. The van der Waals surface area contributed by atoms with Gasteiger partial charge in [-0.2, -0.15) is 15.2 Å². The number of carbonyl (C=O) groups is 2. The molecule has 53 heavy (non-hydrogen) atoms. The van der Waals surface area contributed by atoms with Gasteiger partial charge >= 0.3 is 18.2 Å².